The van der Waals surface area contributed by atoms with Crippen LogP contribution >= 0.6 is 23.5 Å². The lowest BCUT2D eigenvalue weighted by Gasteiger charge is -2.56. The van der Waals surface area contributed by atoms with Crippen LogP contribution in [0.5, 0.6) is 0 Å². The van der Waals surface area contributed by atoms with E-state index in [0.717, 1.165) is 23.5 Å². The largest absolute Gasteiger partial charge is 0.274 e. The van der Waals surface area contributed by atoms with Crippen molar-refractivity contribution < 1.29 is 4.79 Å². The third-order valence-corrected chi connectivity index (χ3v) is 7.01. The van der Waals surface area contributed by atoms with Gasteiger partial charge in [0, 0.05) is 5.75 Å². The Bertz CT molecular complexity index is 265. The fraction of sp³-hybridized carbons (Fsp3) is 0.923. The molecule has 16 heavy (non-hydrogen) atoms. The van der Waals surface area contributed by atoms with Crippen LogP contribution in [0.25, 0.3) is 0 Å². The molecule has 3 heteroatoms. The molecule has 0 heterocycles. The molecule has 4 bridgehead atoms. The van der Waals surface area contributed by atoms with E-state index in [2.05, 4.69) is 0 Å². The maximum Gasteiger partial charge on any atom is 0.245 e. The molecule has 4 aliphatic carbocycles. The maximum absolute atomic E-state index is 11.4. The van der Waals surface area contributed by atoms with E-state index in [0.29, 0.717) is 9.86 Å². The van der Waals surface area contributed by atoms with Crippen LogP contribution in [0.2, 0.25) is 0 Å². The van der Waals surface area contributed by atoms with Gasteiger partial charge >= 0.3 is 0 Å². The first-order valence-corrected chi connectivity index (χ1v) is 8.61. The molecule has 4 saturated carbocycles. The predicted molar refractivity (Wildman–Crippen MR) is 72.0 cm³/mol. The van der Waals surface area contributed by atoms with Gasteiger partial charge < -0.3 is 0 Å². The Balaban J connectivity index is 1.67. The topological polar surface area (TPSA) is 17.1 Å². The summed E-state index contributed by atoms with van der Waals surface area (Å²) in [5.41, 5.74) is 0.560. The van der Waals surface area contributed by atoms with Gasteiger partial charge in [-0.1, -0.05) is 23.5 Å². The van der Waals surface area contributed by atoms with Crippen molar-refractivity contribution in [2.24, 2.45) is 23.2 Å². The molecule has 1 nitrogen and oxygen atoms in total. The Labute approximate surface area is 107 Å². The van der Waals surface area contributed by atoms with E-state index in [1.807, 2.05) is 6.26 Å². The van der Waals surface area contributed by atoms with Gasteiger partial charge in [-0.25, -0.2) is 0 Å². The summed E-state index contributed by atoms with van der Waals surface area (Å²) >= 11 is 2.97. The first-order valence-electron chi connectivity index (χ1n) is 6.40. The van der Waals surface area contributed by atoms with Crippen LogP contribution in [0.4, 0.5) is 4.79 Å². The standard InChI is InChI=1S/C13H20OS2/c1-15-12(14)16-8-13-5-9-2-10(6-13)4-11(3-9)7-13/h9-11H,2-8H2,1H3. The molecule has 4 aliphatic rings. The van der Waals surface area contributed by atoms with Gasteiger partial charge in [-0.05, 0) is 67.9 Å². The molecular formula is C13H20OS2. The third-order valence-electron chi connectivity index (χ3n) is 4.83. The number of hydrogen-bond acceptors (Lipinski definition) is 3. The minimum absolute atomic E-state index is 0.316. The summed E-state index contributed by atoms with van der Waals surface area (Å²) in [4.78, 5) is 11.4. The average Bonchev–Trinajstić information content (AvgIpc) is 2.24. The Morgan fingerprint density at radius 3 is 2.06 bits per heavy atom. The summed E-state index contributed by atoms with van der Waals surface area (Å²) in [7, 11) is 0. The van der Waals surface area contributed by atoms with Crippen molar-refractivity contribution in [2.45, 2.75) is 38.5 Å². The zero-order valence-corrected chi connectivity index (χ0v) is 11.5. The number of thioether (sulfide) groups is 2. The summed E-state index contributed by atoms with van der Waals surface area (Å²) < 4.78 is 0.316. The lowest BCUT2D eigenvalue weighted by molar-refractivity contribution is -0.0380. The van der Waals surface area contributed by atoms with E-state index in [1.54, 1.807) is 11.8 Å². The van der Waals surface area contributed by atoms with E-state index >= 15 is 0 Å². The van der Waals surface area contributed by atoms with Crippen molar-refractivity contribution in [3.05, 3.63) is 0 Å². The fourth-order valence-corrected chi connectivity index (χ4v) is 6.16. The van der Waals surface area contributed by atoms with Crippen LogP contribution in [0, 0.1) is 23.2 Å². The Morgan fingerprint density at radius 2 is 1.62 bits per heavy atom. The second kappa shape index (κ2) is 4.24. The van der Waals surface area contributed by atoms with Crippen LogP contribution in [0.3, 0.4) is 0 Å². The minimum Gasteiger partial charge on any atom is -0.274 e. The molecule has 90 valence electrons. The molecule has 0 aromatic rings. The van der Waals surface area contributed by atoms with Crippen LogP contribution in [0.1, 0.15) is 38.5 Å². The summed E-state index contributed by atoms with van der Waals surface area (Å²) in [6.07, 6.45) is 10.7. The maximum atomic E-state index is 11.4. The third kappa shape index (κ3) is 2.05. The molecule has 0 aliphatic heterocycles. The van der Waals surface area contributed by atoms with Gasteiger partial charge in [0.2, 0.25) is 4.45 Å². The van der Waals surface area contributed by atoms with E-state index < -0.39 is 0 Å². The Hall–Kier alpha value is 0.370. The fourth-order valence-electron chi connectivity index (χ4n) is 4.74. The molecule has 0 aromatic carbocycles. The quantitative estimate of drug-likeness (QED) is 0.728. The van der Waals surface area contributed by atoms with Gasteiger partial charge in [0.25, 0.3) is 0 Å². The SMILES string of the molecule is CSC(=O)SCC12CC3CC(CC(C3)C1)C2. The number of hydrogen-bond donors (Lipinski definition) is 0. The first kappa shape index (κ1) is 11.5. The van der Waals surface area contributed by atoms with Crippen molar-refractivity contribution in [1.29, 1.82) is 0 Å². The molecule has 4 rings (SSSR count). The minimum atomic E-state index is 0.316. The molecule has 0 radical (unpaired) electrons. The molecule has 0 spiro atoms. The van der Waals surface area contributed by atoms with E-state index in [-0.39, 0.29) is 0 Å². The van der Waals surface area contributed by atoms with Gasteiger partial charge in [0.1, 0.15) is 0 Å². The van der Waals surface area contributed by atoms with E-state index in [4.69, 9.17) is 0 Å². The predicted octanol–water partition coefficient (Wildman–Crippen LogP) is 4.42. The van der Waals surface area contributed by atoms with Crippen LogP contribution in [-0.2, 0) is 0 Å². The van der Waals surface area contributed by atoms with Gasteiger partial charge in [0.05, 0.1) is 0 Å². The second-order valence-electron chi connectivity index (χ2n) is 6.16. The molecule has 0 atom stereocenters. The van der Waals surface area contributed by atoms with Gasteiger partial charge in [-0.3, -0.25) is 4.79 Å². The van der Waals surface area contributed by atoms with E-state index in [1.165, 1.54) is 50.3 Å². The highest BCUT2D eigenvalue weighted by molar-refractivity contribution is 8.38. The summed E-state index contributed by atoms with van der Waals surface area (Å²) in [6, 6.07) is 0. The van der Waals surface area contributed by atoms with Crippen molar-refractivity contribution in [1.82, 2.24) is 0 Å². The van der Waals surface area contributed by atoms with E-state index in [9.17, 15) is 4.79 Å². The first-order chi connectivity index (χ1) is 7.69. The number of carbonyl (C=O) groups is 1. The smallest absolute Gasteiger partial charge is 0.245 e. The van der Waals surface area contributed by atoms with Crippen molar-refractivity contribution >= 4 is 28.0 Å². The van der Waals surface area contributed by atoms with Gasteiger partial charge in [-0.2, -0.15) is 0 Å². The monoisotopic (exact) mass is 256 g/mol. The van der Waals surface area contributed by atoms with Crippen LogP contribution in [0.15, 0.2) is 0 Å². The highest BCUT2D eigenvalue weighted by Crippen LogP contribution is 2.60. The zero-order chi connectivity index (χ0) is 11.2. The molecular weight excluding hydrogens is 236 g/mol. The number of carbonyl (C=O) groups excluding carboxylic acids is 1. The Kier molecular flexibility index (Phi) is 3.03. The van der Waals surface area contributed by atoms with Crippen LogP contribution < -0.4 is 0 Å². The lowest BCUT2D eigenvalue weighted by atomic mass is 9.50. The molecule has 0 unspecified atom stereocenters. The zero-order valence-electron chi connectivity index (χ0n) is 9.91. The molecule has 0 aromatic heterocycles. The highest BCUT2D eigenvalue weighted by Gasteiger charge is 2.50. The highest BCUT2D eigenvalue weighted by atomic mass is 32.2. The van der Waals surface area contributed by atoms with Crippen molar-refractivity contribution in [3.63, 3.8) is 0 Å². The molecule has 4 fully saturated rings. The Morgan fingerprint density at radius 1 is 1.12 bits per heavy atom. The van der Waals surface area contributed by atoms with Crippen LogP contribution in [-0.4, -0.2) is 16.5 Å². The molecule has 0 saturated heterocycles. The average molecular weight is 256 g/mol. The number of rotatable bonds is 2. The lowest BCUT2D eigenvalue weighted by Crippen LogP contribution is -2.47. The van der Waals surface area contributed by atoms with Crippen molar-refractivity contribution in [2.75, 3.05) is 12.0 Å². The second-order valence-corrected chi connectivity index (χ2v) is 8.15. The van der Waals surface area contributed by atoms with Gasteiger partial charge in [0.15, 0.2) is 0 Å². The summed E-state index contributed by atoms with van der Waals surface area (Å²) in [5, 5.41) is 0. The molecule has 0 amide bonds. The van der Waals surface area contributed by atoms with Gasteiger partial charge in [-0.15, -0.1) is 0 Å². The molecule has 0 N–H and O–H groups in total. The summed E-state index contributed by atoms with van der Waals surface area (Å²) in [5.74, 6) is 4.14. The van der Waals surface area contributed by atoms with Crippen molar-refractivity contribution in [3.8, 4) is 0 Å². The summed E-state index contributed by atoms with van der Waals surface area (Å²) in [6.45, 7) is 0. The normalized spacial score (nSPS) is 44.9.